The van der Waals surface area contributed by atoms with Gasteiger partial charge in [0.05, 0.1) is 0 Å². The summed E-state index contributed by atoms with van der Waals surface area (Å²) < 4.78 is 7.16. The van der Waals surface area contributed by atoms with Gasteiger partial charge in [-0.3, -0.25) is 0 Å². The Labute approximate surface area is 180 Å². The van der Waals surface area contributed by atoms with Crippen molar-refractivity contribution in [2.24, 2.45) is 0 Å². The summed E-state index contributed by atoms with van der Waals surface area (Å²) in [5.74, 6) is 0.896. The Balaban J connectivity index is 1.59. The van der Waals surface area contributed by atoms with Crippen molar-refractivity contribution in [3.8, 4) is 5.75 Å². The first-order valence-electron chi connectivity index (χ1n) is 9.28. The zero-order valence-electron chi connectivity index (χ0n) is 15.6. The van der Waals surface area contributed by atoms with Gasteiger partial charge in [0, 0.05) is 46.3 Å². The summed E-state index contributed by atoms with van der Waals surface area (Å²) >= 11 is 16.1. The van der Waals surface area contributed by atoms with Crippen molar-refractivity contribution in [3.63, 3.8) is 0 Å². The molecule has 27 heavy (non-hydrogen) atoms. The second-order valence-corrected chi connectivity index (χ2v) is 8.72. The molecule has 1 aliphatic heterocycles. The summed E-state index contributed by atoms with van der Waals surface area (Å²) in [6, 6.07) is 11.7. The first-order chi connectivity index (χ1) is 13.0. The van der Waals surface area contributed by atoms with E-state index in [2.05, 4.69) is 38.8 Å². The Morgan fingerprint density at radius 3 is 2.44 bits per heavy atom. The molecule has 146 valence electrons. The Hall–Kier alpha value is -0.780. The normalized spacial score (nSPS) is 15.9. The molecule has 0 saturated carbocycles. The molecule has 0 aromatic heterocycles. The van der Waals surface area contributed by atoms with E-state index in [4.69, 9.17) is 27.9 Å². The van der Waals surface area contributed by atoms with E-state index in [-0.39, 0.29) is 0 Å². The molecule has 1 heterocycles. The Morgan fingerprint density at radius 2 is 1.74 bits per heavy atom. The minimum atomic E-state index is 0.367. The largest absolute Gasteiger partial charge is 0.489 e. The summed E-state index contributed by atoms with van der Waals surface area (Å²) in [6.45, 7) is 6.11. The number of rotatable bonds is 7. The van der Waals surface area contributed by atoms with Gasteiger partial charge in [0.25, 0.3) is 0 Å². The molecule has 0 amide bonds. The Kier molecular flexibility index (Phi) is 7.86. The zero-order valence-corrected chi connectivity index (χ0v) is 18.7. The SMILES string of the molecule is CN1CCN(CCCc2cc(Br)ccc2OCc2c(Cl)cccc2Cl)CC1. The second kappa shape index (κ2) is 10.1. The van der Waals surface area contributed by atoms with Gasteiger partial charge in [0.2, 0.25) is 0 Å². The van der Waals surface area contributed by atoms with Crippen LogP contribution >= 0.6 is 39.1 Å². The van der Waals surface area contributed by atoms with Crippen LogP contribution in [0.3, 0.4) is 0 Å². The highest BCUT2D eigenvalue weighted by atomic mass is 79.9. The molecule has 0 aliphatic carbocycles. The molecule has 1 saturated heterocycles. The fraction of sp³-hybridized carbons (Fsp3) is 0.429. The van der Waals surface area contributed by atoms with E-state index in [0.29, 0.717) is 16.7 Å². The number of hydrogen-bond acceptors (Lipinski definition) is 3. The smallest absolute Gasteiger partial charge is 0.123 e. The lowest BCUT2D eigenvalue weighted by Gasteiger charge is -2.32. The van der Waals surface area contributed by atoms with Crippen molar-refractivity contribution in [2.75, 3.05) is 39.8 Å². The minimum absolute atomic E-state index is 0.367. The molecule has 0 spiro atoms. The monoisotopic (exact) mass is 470 g/mol. The molecule has 2 aromatic carbocycles. The van der Waals surface area contributed by atoms with Gasteiger partial charge in [-0.15, -0.1) is 0 Å². The van der Waals surface area contributed by atoms with Crippen LogP contribution in [0.4, 0.5) is 0 Å². The van der Waals surface area contributed by atoms with Crippen LogP contribution in [0.5, 0.6) is 5.75 Å². The molecular formula is C21H25BrCl2N2O. The van der Waals surface area contributed by atoms with Crippen LogP contribution in [0.1, 0.15) is 17.5 Å². The van der Waals surface area contributed by atoms with E-state index < -0.39 is 0 Å². The van der Waals surface area contributed by atoms with Crippen LogP contribution < -0.4 is 4.74 Å². The van der Waals surface area contributed by atoms with Gasteiger partial charge in [-0.2, -0.15) is 0 Å². The molecule has 3 rings (SSSR count). The molecule has 1 aliphatic rings. The molecule has 0 bridgehead atoms. The third-order valence-corrected chi connectivity index (χ3v) is 6.17. The van der Waals surface area contributed by atoms with Gasteiger partial charge in [-0.05, 0) is 62.3 Å². The number of benzene rings is 2. The predicted molar refractivity (Wildman–Crippen MR) is 117 cm³/mol. The van der Waals surface area contributed by atoms with Crippen molar-refractivity contribution in [1.29, 1.82) is 0 Å². The van der Waals surface area contributed by atoms with Crippen LogP contribution in [0.15, 0.2) is 40.9 Å². The maximum Gasteiger partial charge on any atom is 0.123 e. The maximum atomic E-state index is 6.26. The van der Waals surface area contributed by atoms with E-state index in [9.17, 15) is 0 Å². The van der Waals surface area contributed by atoms with Crippen LogP contribution in [0, 0.1) is 0 Å². The summed E-state index contributed by atoms with van der Waals surface area (Å²) in [5, 5.41) is 1.27. The third kappa shape index (κ3) is 6.10. The average molecular weight is 472 g/mol. The lowest BCUT2D eigenvalue weighted by molar-refractivity contribution is 0.153. The average Bonchev–Trinajstić information content (AvgIpc) is 2.64. The van der Waals surface area contributed by atoms with Gasteiger partial charge in [-0.1, -0.05) is 45.2 Å². The molecular weight excluding hydrogens is 447 g/mol. The van der Waals surface area contributed by atoms with E-state index in [0.717, 1.165) is 61.4 Å². The highest BCUT2D eigenvalue weighted by Crippen LogP contribution is 2.29. The van der Waals surface area contributed by atoms with Gasteiger partial charge in [0.1, 0.15) is 12.4 Å². The van der Waals surface area contributed by atoms with E-state index in [1.54, 1.807) is 0 Å². The van der Waals surface area contributed by atoms with Crippen molar-refractivity contribution in [3.05, 3.63) is 62.0 Å². The number of ether oxygens (including phenoxy) is 1. The number of halogens is 3. The summed E-state index contributed by atoms with van der Waals surface area (Å²) in [5.41, 5.74) is 2.04. The number of piperazine rings is 1. The maximum absolute atomic E-state index is 6.26. The molecule has 0 unspecified atom stereocenters. The van der Waals surface area contributed by atoms with Crippen molar-refractivity contribution in [2.45, 2.75) is 19.4 Å². The second-order valence-electron chi connectivity index (χ2n) is 6.99. The molecule has 1 fully saturated rings. The summed E-state index contributed by atoms with van der Waals surface area (Å²) in [6.07, 6.45) is 2.10. The highest BCUT2D eigenvalue weighted by Gasteiger charge is 2.14. The van der Waals surface area contributed by atoms with Gasteiger partial charge in [0.15, 0.2) is 0 Å². The fourth-order valence-electron chi connectivity index (χ4n) is 3.27. The number of nitrogens with zero attached hydrogens (tertiary/aromatic N) is 2. The lowest BCUT2D eigenvalue weighted by Crippen LogP contribution is -2.44. The van der Waals surface area contributed by atoms with Crippen molar-refractivity contribution < 1.29 is 4.74 Å². The first kappa shape index (κ1) is 20.9. The molecule has 0 N–H and O–H groups in total. The first-order valence-corrected chi connectivity index (χ1v) is 10.8. The molecule has 2 aromatic rings. The van der Waals surface area contributed by atoms with Crippen LogP contribution in [-0.2, 0) is 13.0 Å². The standard InChI is InChI=1S/C21H25BrCl2N2O/c1-25-10-12-26(13-11-25)9-3-4-16-14-17(22)7-8-21(16)27-15-18-19(23)5-2-6-20(18)24/h2,5-8,14H,3-4,9-13,15H2,1H3. The third-order valence-electron chi connectivity index (χ3n) is 4.97. The molecule has 0 radical (unpaired) electrons. The van der Waals surface area contributed by atoms with Gasteiger partial charge >= 0.3 is 0 Å². The van der Waals surface area contributed by atoms with Crippen LogP contribution in [0.2, 0.25) is 10.0 Å². The number of hydrogen-bond donors (Lipinski definition) is 0. The van der Waals surface area contributed by atoms with Gasteiger partial charge < -0.3 is 14.5 Å². The van der Waals surface area contributed by atoms with E-state index >= 15 is 0 Å². The molecule has 6 heteroatoms. The van der Waals surface area contributed by atoms with Gasteiger partial charge in [-0.25, -0.2) is 0 Å². The summed E-state index contributed by atoms with van der Waals surface area (Å²) in [4.78, 5) is 4.93. The molecule has 0 atom stereocenters. The van der Waals surface area contributed by atoms with Crippen molar-refractivity contribution >= 4 is 39.1 Å². The highest BCUT2D eigenvalue weighted by molar-refractivity contribution is 9.10. The number of likely N-dealkylation sites (N-methyl/N-ethyl adjacent to an activating group) is 1. The Morgan fingerprint density at radius 1 is 1.04 bits per heavy atom. The zero-order chi connectivity index (χ0) is 19.2. The minimum Gasteiger partial charge on any atom is -0.489 e. The topological polar surface area (TPSA) is 15.7 Å². The van der Waals surface area contributed by atoms with Crippen LogP contribution in [-0.4, -0.2) is 49.6 Å². The quantitative estimate of drug-likeness (QED) is 0.529. The predicted octanol–water partition coefficient (Wildman–Crippen LogP) is 5.51. The number of aryl methyl sites for hydroxylation is 1. The van der Waals surface area contributed by atoms with Crippen LogP contribution in [0.25, 0.3) is 0 Å². The summed E-state index contributed by atoms with van der Waals surface area (Å²) in [7, 11) is 2.19. The van der Waals surface area contributed by atoms with E-state index in [1.807, 2.05) is 30.3 Å². The Bertz CT molecular complexity index is 744. The fourth-order valence-corrected chi connectivity index (χ4v) is 4.18. The molecule has 3 nitrogen and oxygen atoms in total. The van der Waals surface area contributed by atoms with E-state index in [1.165, 1.54) is 5.56 Å². The van der Waals surface area contributed by atoms with Crippen molar-refractivity contribution in [1.82, 2.24) is 9.80 Å². The lowest BCUT2D eigenvalue weighted by atomic mass is 10.1.